The number of nitrogens with one attached hydrogen (secondary N) is 2. The Morgan fingerprint density at radius 3 is 2.17 bits per heavy atom. The van der Waals surface area contributed by atoms with Crippen LogP contribution in [0, 0.1) is 0 Å². The standard InChI is InChI=1S/C27H30N2O5S/c1-3-15-34-24-14-9-20(18-25(24)31-2)19-28-27(35)29-26(30)21-10-12-23(13-11-21)33-17-16-32-22-7-5-4-6-8-22/h4-14,18H,3,15-17,19H2,1-2H3,(H2,28,29,30,35). The van der Waals surface area contributed by atoms with Crippen LogP contribution in [0.3, 0.4) is 0 Å². The van der Waals surface area contributed by atoms with Crippen molar-refractivity contribution in [1.29, 1.82) is 0 Å². The van der Waals surface area contributed by atoms with E-state index in [0.717, 1.165) is 17.7 Å². The molecule has 184 valence electrons. The van der Waals surface area contributed by atoms with Gasteiger partial charge in [0.2, 0.25) is 0 Å². The highest BCUT2D eigenvalue weighted by Crippen LogP contribution is 2.28. The van der Waals surface area contributed by atoms with E-state index < -0.39 is 0 Å². The van der Waals surface area contributed by atoms with Crippen molar-refractivity contribution in [2.75, 3.05) is 26.9 Å². The topological polar surface area (TPSA) is 78.1 Å². The van der Waals surface area contributed by atoms with Crippen molar-refractivity contribution >= 4 is 23.2 Å². The molecule has 3 rings (SSSR count). The summed E-state index contributed by atoms with van der Waals surface area (Å²) in [6, 6.07) is 22.1. The molecule has 0 aromatic heterocycles. The first-order valence-corrected chi connectivity index (χ1v) is 11.8. The smallest absolute Gasteiger partial charge is 0.257 e. The second kappa shape index (κ2) is 13.8. The first-order valence-electron chi connectivity index (χ1n) is 11.4. The van der Waals surface area contributed by atoms with Gasteiger partial charge in [0, 0.05) is 12.1 Å². The predicted octanol–water partition coefficient (Wildman–Crippen LogP) is 4.75. The molecule has 0 aliphatic rings. The quantitative estimate of drug-likeness (QED) is 0.278. The molecule has 0 saturated heterocycles. The van der Waals surface area contributed by atoms with Gasteiger partial charge in [-0.25, -0.2) is 0 Å². The van der Waals surface area contributed by atoms with Gasteiger partial charge in [-0.2, -0.15) is 0 Å². The molecular formula is C27H30N2O5S. The molecule has 0 spiro atoms. The number of hydrogen-bond acceptors (Lipinski definition) is 6. The second-order valence-corrected chi connectivity index (χ2v) is 7.91. The maximum atomic E-state index is 12.5. The normalized spacial score (nSPS) is 10.2. The van der Waals surface area contributed by atoms with E-state index in [-0.39, 0.29) is 11.0 Å². The zero-order valence-corrected chi connectivity index (χ0v) is 20.7. The van der Waals surface area contributed by atoms with Gasteiger partial charge in [0.1, 0.15) is 24.7 Å². The lowest BCUT2D eigenvalue weighted by Crippen LogP contribution is -2.38. The molecule has 2 N–H and O–H groups in total. The van der Waals surface area contributed by atoms with Gasteiger partial charge in [-0.3, -0.25) is 10.1 Å². The van der Waals surface area contributed by atoms with E-state index in [1.807, 2.05) is 55.5 Å². The fourth-order valence-electron chi connectivity index (χ4n) is 3.09. The Balaban J connectivity index is 1.41. The largest absolute Gasteiger partial charge is 0.493 e. The van der Waals surface area contributed by atoms with Crippen LogP contribution in [0.2, 0.25) is 0 Å². The first-order chi connectivity index (χ1) is 17.1. The van der Waals surface area contributed by atoms with Crippen molar-refractivity contribution in [1.82, 2.24) is 10.6 Å². The molecule has 0 radical (unpaired) electrons. The van der Waals surface area contributed by atoms with Gasteiger partial charge in [0.15, 0.2) is 16.6 Å². The summed E-state index contributed by atoms with van der Waals surface area (Å²) in [5, 5.41) is 5.96. The van der Waals surface area contributed by atoms with Gasteiger partial charge in [-0.1, -0.05) is 31.2 Å². The molecule has 3 aromatic carbocycles. The summed E-state index contributed by atoms with van der Waals surface area (Å²) >= 11 is 5.27. The summed E-state index contributed by atoms with van der Waals surface area (Å²) in [5.41, 5.74) is 1.42. The number of amides is 1. The van der Waals surface area contributed by atoms with E-state index in [9.17, 15) is 4.79 Å². The number of thiocarbonyl (C=S) groups is 1. The number of benzene rings is 3. The number of carbonyl (C=O) groups excluding carboxylic acids is 1. The van der Waals surface area contributed by atoms with E-state index in [0.29, 0.717) is 49.2 Å². The number of para-hydroxylation sites is 1. The van der Waals surface area contributed by atoms with Crippen molar-refractivity contribution in [3.8, 4) is 23.0 Å². The zero-order valence-electron chi connectivity index (χ0n) is 19.9. The minimum atomic E-state index is -0.303. The molecular weight excluding hydrogens is 464 g/mol. The molecule has 0 aliphatic carbocycles. The Hall–Kier alpha value is -3.78. The molecule has 0 bridgehead atoms. The van der Waals surface area contributed by atoms with Gasteiger partial charge in [-0.05, 0) is 72.7 Å². The van der Waals surface area contributed by atoms with Crippen LogP contribution in [0.5, 0.6) is 23.0 Å². The number of ether oxygens (including phenoxy) is 4. The van der Waals surface area contributed by atoms with Crippen LogP contribution in [0.25, 0.3) is 0 Å². The Morgan fingerprint density at radius 1 is 0.829 bits per heavy atom. The van der Waals surface area contributed by atoms with Crippen molar-refractivity contribution in [2.24, 2.45) is 0 Å². The Kier molecular flexibility index (Phi) is 10.2. The minimum Gasteiger partial charge on any atom is -0.493 e. The molecule has 7 nitrogen and oxygen atoms in total. The predicted molar refractivity (Wildman–Crippen MR) is 140 cm³/mol. The molecule has 0 atom stereocenters. The van der Waals surface area contributed by atoms with Gasteiger partial charge < -0.3 is 24.3 Å². The summed E-state index contributed by atoms with van der Waals surface area (Å²) in [4.78, 5) is 12.5. The highest BCUT2D eigenvalue weighted by molar-refractivity contribution is 7.80. The molecule has 8 heteroatoms. The van der Waals surface area contributed by atoms with Crippen LogP contribution in [0.4, 0.5) is 0 Å². The maximum Gasteiger partial charge on any atom is 0.257 e. The Morgan fingerprint density at radius 2 is 1.51 bits per heavy atom. The van der Waals surface area contributed by atoms with Crippen molar-refractivity contribution < 1.29 is 23.7 Å². The maximum absolute atomic E-state index is 12.5. The monoisotopic (exact) mass is 494 g/mol. The average molecular weight is 495 g/mol. The molecule has 0 heterocycles. The number of methoxy groups -OCH3 is 1. The van der Waals surface area contributed by atoms with E-state index in [4.69, 9.17) is 31.2 Å². The zero-order chi connectivity index (χ0) is 24.9. The fraction of sp³-hybridized carbons (Fsp3) is 0.259. The summed E-state index contributed by atoms with van der Waals surface area (Å²) in [6.07, 6.45) is 0.917. The summed E-state index contributed by atoms with van der Waals surface area (Å²) in [5.74, 6) is 2.50. The van der Waals surface area contributed by atoms with Crippen molar-refractivity contribution in [3.05, 3.63) is 83.9 Å². The van der Waals surface area contributed by atoms with Gasteiger partial charge in [0.25, 0.3) is 5.91 Å². The molecule has 35 heavy (non-hydrogen) atoms. The molecule has 0 aliphatic heterocycles. The molecule has 1 amide bonds. The minimum absolute atomic E-state index is 0.235. The molecule has 0 saturated carbocycles. The lowest BCUT2D eigenvalue weighted by molar-refractivity contribution is 0.0976. The third-order valence-electron chi connectivity index (χ3n) is 4.85. The highest BCUT2D eigenvalue weighted by atomic mass is 32.1. The van der Waals surface area contributed by atoms with Crippen LogP contribution >= 0.6 is 12.2 Å². The average Bonchev–Trinajstić information content (AvgIpc) is 2.89. The third kappa shape index (κ3) is 8.50. The first kappa shape index (κ1) is 25.8. The van der Waals surface area contributed by atoms with Crippen molar-refractivity contribution in [2.45, 2.75) is 19.9 Å². The fourth-order valence-corrected chi connectivity index (χ4v) is 3.26. The van der Waals surface area contributed by atoms with Crippen LogP contribution in [-0.2, 0) is 6.54 Å². The molecule has 0 fully saturated rings. The van der Waals surface area contributed by atoms with Gasteiger partial charge in [-0.15, -0.1) is 0 Å². The van der Waals surface area contributed by atoms with Gasteiger partial charge >= 0.3 is 0 Å². The highest BCUT2D eigenvalue weighted by Gasteiger charge is 2.10. The lowest BCUT2D eigenvalue weighted by atomic mass is 10.2. The van der Waals surface area contributed by atoms with Crippen LogP contribution in [0.1, 0.15) is 29.3 Å². The van der Waals surface area contributed by atoms with Gasteiger partial charge in [0.05, 0.1) is 13.7 Å². The van der Waals surface area contributed by atoms with E-state index >= 15 is 0 Å². The lowest BCUT2D eigenvalue weighted by Gasteiger charge is -2.13. The van der Waals surface area contributed by atoms with Crippen molar-refractivity contribution in [3.63, 3.8) is 0 Å². The summed E-state index contributed by atoms with van der Waals surface area (Å²) in [6.45, 7) is 3.92. The van der Waals surface area contributed by atoms with Crippen LogP contribution < -0.4 is 29.6 Å². The number of rotatable bonds is 12. The van der Waals surface area contributed by atoms with Crippen LogP contribution in [-0.4, -0.2) is 38.0 Å². The molecule has 3 aromatic rings. The SMILES string of the molecule is CCCOc1ccc(CNC(=S)NC(=O)c2ccc(OCCOc3ccccc3)cc2)cc1OC. The third-order valence-corrected chi connectivity index (χ3v) is 5.10. The van der Waals surface area contributed by atoms with Crippen LogP contribution in [0.15, 0.2) is 72.8 Å². The summed E-state index contributed by atoms with van der Waals surface area (Å²) in [7, 11) is 1.60. The summed E-state index contributed by atoms with van der Waals surface area (Å²) < 4.78 is 22.3. The number of carbonyl (C=O) groups is 1. The Bertz CT molecular complexity index is 1090. The van der Waals surface area contributed by atoms with E-state index in [1.165, 1.54) is 0 Å². The number of hydrogen-bond donors (Lipinski definition) is 2. The van der Waals surface area contributed by atoms with E-state index in [1.54, 1.807) is 31.4 Å². The second-order valence-electron chi connectivity index (χ2n) is 7.50. The Labute approximate surface area is 211 Å². The molecule has 0 unspecified atom stereocenters. The van der Waals surface area contributed by atoms with E-state index in [2.05, 4.69) is 10.6 Å².